The molecular formula is C18H17N3O3S2. The summed E-state index contributed by atoms with van der Waals surface area (Å²) in [5.74, 6) is -0.241. The summed E-state index contributed by atoms with van der Waals surface area (Å²) in [6.45, 7) is 0.605. The molecule has 0 bridgehead atoms. The van der Waals surface area contributed by atoms with Gasteiger partial charge >= 0.3 is 0 Å². The van der Waals surface area contributed by atoms with Gasteiger partial charge in [-0.2, -0.15) is 5.10 Å². The molecule has 8 heteroatoms. The average Bonchev–Trinajstić information content (AvgIpc) is 3.42. The molecule has 0 aliphatic carbocycles. The lowest BCUT2D eigenvalue weighted by atomic mass is 10.3. The summed E-state index contributed by atoms with van der Waals surface area (Å²) in [5, 5.41) is 8.35. The Morgan fingerprint density at radius 1 is 1.19 bits per heavy atom. The minimum atomic E-state index is -3.44. The zero-order chi connectivity index (χ0) is 18.1. The van der Waals surface area contributed by atoms with E-state index in [9.17, 15) is 13.2 Å². The van der Waals surface area contributed by atoms with E-state index in [0.717, 1.165) is 10.6 Å². The fourth-order valence-corrected chi connectivity index (χ4v) is 5.53. The van der Waals surface area contributed by atoms with Gasteiger partial charge in [-0.3, -0.25) is 9.89 Å². The van der Waals surface area contributed by atoms with Crippen LogP contribution in [0.3, 0.4) is 0 Å². The SMILES string of the molecule is O=C(c1cc(-c2cccs2)[nH]n1)N1CCC(S(=O)(=O)c2ccccc2)C1. The van der Waals surface area contributed by atoms with E-state index in [-0.39, 0.29) is 12.5 Å². The number of benzene rings is 1. The van der Waals surface area contributed by atoms with Crippen LogP contribution in [0.25, 0.3) is 10.6 Å². The van der Waals surface area contributed by atoms with Gasteiger partial charge < -0.3 is 4.90 Å². The van der Waals surface area contributed by atoms with E-state index < -0.39 is 15.1 Å². The van der Waals surface area contributed by atoms with Gasteiger partial charge in [-0.05, 0) is 36.1 Å². The summed E-state index contributed by atoms with van der Waals surface area (Å²) in [6, 6.07) is 14.0. The highest BCUT2D eigenvalue weighted by molar-refractivity contribution is 7.92. The van der Waals surface area contributed by atoms with Gasteiger partial charge in [0.2, 0.25) is 0 Å². The summed E-state index contributed by atoms with van der Waals surface area (Å²) in [4.78, 5) is 15.6. The van der Waals surface area contributed by atoms with Crippen LogP contribution < -0.4 is 0 Å². The molecule has 1 amide bonds. The molecule has 1 unspecified atom stereocenters. The first-order chi connectivity index (χ1) is 12.6. The van der Waals surface area contributed by atoms with Crippen molar-refractivity contribution < 1.29 is 13.2 Å². The zero-order valence-corrected chi connectivity index (χ0v) is 15.5. The maximum atomic E-state index is 12.7. The fourth-order valence-electron chi connectivity index (χ4n) is 3.12. The molecule has 1 fully saturated rings. The normalized spacial score (nSPS) is 17.5. The van der Waals surface area contributed by atoms with Crippen LogP contribution in [-0.2, 0) is 9.84 Å². The van der Waals surface area contributed by atoms with E-state index in [0.29, 0.717) is 23.6 Å². The van der Waals surface area contributed by atoms with Crippen molar-refractivity contribution in [2.45, 2.75) is 16.6 Å². The Morgan fingerprint density at radius 2 is 2.00 bits per heavy atom. The number of aromatic amines is 1. The number of amides is 1. The molecule has 1 aromatic carbocycles. The molecule has 3 aromatic rings. The van der Waals surface area contributed by atoms with Crippen molar-refractivity contribution >= 4 is 27.1 Å². The highest BCUT2D eigenvalue weighted by Crippen LogP contribution is 2.26. The third kappa shape index (κ3) is 3.06. The van der Waals surface area contributed by atoms with Crippen LogP contribution in [0.4, 0.5) is 0 Å². The second-order valence-electron chi connectivity index (χ2n) is 6.16. The molecule has 1 aliphatic heterocycles. The fraction of sp³-hybridized carbons (Fsp3) is 0.222. The molecular weight excluding hydrogens is 370 g/mol. The van der Waals surface area contributed by atoms with Gasteiger partial charge in [0.05, 0.1) is 20.7 Å². The topological polar surface area (TPSA) is 83.1 Å². The van der Waals surface area contributed by atoms with Gasteiger partial charge in [0, 0.05) is 13.1 Å². The zero-order valence-electron chi connectivity index (χ0n) is 13.8. The van der Waals surface area contributed by atoms with E-state index in [4.69, 9.17) is 0 Å². The number of carbonyl (C=O) groups excluding carboxylic acids is 1. The number of nitrogens with one attached hydrogen (secondary N) is 1. The number of rotatable bonds is 4. The maximum absolute atomic E-state index is 12.7. The van der Waals surface area contributed by atoms with Crippen molar-refractivity contribution in [2.24, 2.45) is 0 Å². The van der Waals surface area contributed by atoms with Crippen molar-refractivity contribution in [3.8, 4) is 10.6 Å². The monoisotopic (exact) mass is 387 g/mol. The molecule has 0 radical (unpaired) electrons. The van der Waals surface area contributed by atoms with Crippen LogP contribution >= 0.6 is 11.3 Å². The molecule has 0 spiro atoms. The van der Waals surface area contributed by atoms with Crippen molar-refractivity contribution in [3.05, 3.63) is 59.6 Å². The lowest BCUT2D eigenvalue weighted by Gasteiger charge is -2.15. The number of hydrogen-bond donors (Lipinski definition) is 1. The Kier molecular flexibility index (Phi) is 4.37. The van der Waals surface area contributed by atoms with Gasteiger partial charge in [-0.25, -0.2) is 8.42 Å². The predicted octanol–water partition coefficient (Wildman–Crippen LogP) is 2.83. The van der Waals surface area contributed by atoms with Crippen LogP contribution in [-0.4, -0.2) is 47.8 Å². The molecule has 0 saturated carbocycles. The average molecular weight is 387 g/mol. The van der Waals surface area contributed by atoms with Crippen LogP contribution in [0.5, 0.6) is 0 Å². The quantitative estimate of drug-likeness (QED) is 0.746. The first-order valence-corrected chi connectivity index (χ1v) is 10.7. The lowest BCUT2D eigenvalue weighted by molar-refractivity contribution is 0.0787. The molecule has 4 rings (SSSR count). The number of H-pyrrole nitrogens is 1. The number of aromatic nitrogens is 2. The molecule has 2 aromatic heterocycles. The minimum absolute atomic E-state index is 0.192. The Balaban J connectivity index is 1.50. The molecule has 3 heterocycles. The molecule has 1 atom stereocenters. The Hall–Kier alpha value is -2.45. The minimum Gasteiger partial charge on any atom is -0.336 e. The van der Waals surface area contributed by atoms with E-state index >= 15 is 0 Å². The second-order valence-corrected chi connectivity index (χ2v) is 9.34. The van der Waals surface area contributed by atoms with E-state index in [1.165, 1.54) is 0 Å². The van der Waals surface area contributed by atoms with Crippen molar-refractivity contribution in [3.63, 3.8) is 0 Å². The predicted molar refractivity (Wildman–Crippen MR) is 99.8 cm³/mol. The maximum Gasteiger partial charge on any atom is 0.274 e. The Labute approximate surface area is 155 Å². The summed E-state index contributed by atoms with van der Waals surface area (Å²) in [6.07, 6.45) is 0.436. The molecule has 134 valence electrons. The summed E-state index contributed by atoms with van der Waals surface area (Å²) in [5.41, 5.74) is 1.10. The highest BCUT2D eigenvalue weighted by Gasteiger charge is 2.36. The van der Waals surface area contributed by atoms with Crippen LogP contribution in [0.15, 0.2) is 58.8 Å². The third-order valence-corrected chi connectivity index (χ3v) is 7.62. The summed E-state index contributed by atoms with van der Waals surface area (Å²) < 4.78 is 25.5. The van der Waals surface area contributed by atoms with Crippen LogP contribution in [0.1, 0.15) is 16.9 Å². The van der Waals surface area contributed by atoms with Crippen molar-refractivity contribution in [1.82, 2.24) is 15.1 Å². The highest BCUT2D eigenvalue weighted by atomic mass is 32.2. The van der Waals surface area contributed by atoms with E-state index in [1.807, 2.05) is 17.5 Å². The standard InChI is InChI=1S/C18H17N3O3S2/c22-18(16-11-15(19-20-16)17-7-4-10-25-17)21-9-8-14(12-21)26(23,24)13-5-2-1-3-6-13/h1-7,10-11,14H,8-9,12H2,(H,19,20). The van der Waals surface area contributed by atoms with Crippen molar-refractivity contribution in [2.75, 3.05) is 13.1 Å². The summed E-state index contributed by atoms with van der Waals surface area (Å²) in [7, 11) is -3.44. The Bertz CT molecular complexity index is 1010. The third-order valence-electron chi connectivity index (χ3n) is 4.53. The van der Waals surface area contributed by atoms with E-state index in [1.54, 1.807) is 52.6 Å². The second kappa shape index (κ2) is 6.69. The smallest absolute Gasteiger partial charge is 0.274 e. The molecule has 26 heavy (non-hydrogen) atoms. The lowest BCUT2D eigenvalue weighted by Crippen LogP contribution is -2.32. The van der Waals surface area contributed by atoms with Gasteiger partial charge in [-0.1, -0.05) is 24.3 Å². The van der Waals surface area contributed by atoms with Gasteiger partial charge in [0.15, 0.2) is 15.5 Å². The number of sulfone groups is 1. The van der Waals surface area contributed by atoms with Crippen molar-refractivity contribution in [1.29, 1.82) is 0 Å². The Morgan fingerprint density at radius 3 is 2.73 bits per heavy atom. The number of hydrogen-bond acceptors (Lipinski definition) is 5. The van der Waals surface area contributed by atoms with E-state index in [2.05, 4.69) is 10.2 Å². The molecule has 1 saturated heterocycles. The van der Waals surface area contributed by atoms with Gasteiger partial charge in [0.25, 0.3) is 5.91 Å². The van der Waals surface area contributed by atoms with Crippen LogP contribution in [0.2, 0.25) is 0 Å². The largest absolute Gasteiger partial charge is 0.336 e. The van der Waals surface area contributed by atoms with Crippen LogP contribution in [0, 0.1) is 0 Å². The number of nitrogens with zero attached hydrogens (tertiary/aromatic N) is 2. The van der Waals surface area contributed by atoms with Gasteiger partial charge in [0.1, 0.15) is 0 Å². The first kappa shape index (κ1) is 17.0. The summed E-state index contributed by atoms with van der Waals surface area (Å²) >= 11 is 1.56. The number of thiophene rings is 1. The number of carbonyl (C=O) groups is 1. The molecule has 6 nitrogen and oxygen atoms in total. The van der Waals surface area contributed by atoms with Gasteiger partial charge in [-0.15, -0.1) is 11.3 Å². The number of likely N-dealkylation sites (tertiary alicyclic amines) is 1. The first-order valence-electron chi connectivity index (χ1n) is 8.23. The molecule has 1 aliphatic rings. The molecule has 1 N–H and O–H groups in total.